The normalized spacial score (nSPS) is 15.7. The molecule has 0 unspecified atom stereocenters. The summed E-state index contributed by atoms with van der Waals surface area (Å²) in [6, 6.07) is 4.87. The molecule has 0 N–H and O–H groups in total. The average molecular weight is 316 g/mol. The summed E-state index contributed by atoms with van der Waals surface area (Å²) >= 11 is 0. The second-order valence-corrected chi connectivity index (χ2v) is 6.10. The lowest BCUT2D eigenvalue weighted by atomic mass is 9.94. The maximum Gasteiger partial charge on any atom is 0.271 e. The van der Waals surface area contributed by atoms with Crippen LogP contribution in [0.15, 0.2) is 24.4 Å². The van der Waals surface area contributed by atoms with Gasteiger partial charge in [-0.1, -0.05) is 19.3 Å². The lowest BCUT2D eigenvalue weighted by Gasteiger charge is -2.31. The van der Waals surface area contributed by atoms with E-state index in [9.17, 15) is 14.9 Å². The average Bonchev–Trinajstić information content (AvgIpc) is 2.97. The highest BCUT2D eigenvalue weighted by Crippen LogP contribution is 2.23. The summed E-state index contributed by atoms with van der Waals surface area (Å²) < 4.78 is 1.55. The Bertz CT molecular complexity index is 734. The van der Waals surface area contributed by atoms with Crippen LogP contribution in [0, 0.1) is 10.1 Å². The van der Waals surface area contributed by atoms with Crippen LogP contribution >= 0.6 is 0 Å². The van der Waals surface area contributed by atoms with Gasteiger partial charge in [0.15, 0.2) is 0 Å². The van der Waals surface area contributed by atoms with Gasteiger partial charge in [0.25, 0.3) is 5.69 Å². The van der Waals surface area contributed by atoms with E-state index >= 15 is 0 Å². The standard InChI is InChI=1S/C16H20N4O3/c1-18(13-5-3-2-4-6-13)16(21)11-19-15-9-14(20(22)23)8-7-12(15)10-17-19/h7-10,13H,2-6,11H2,1H3. The van der Waals surface area contributed by atoms with Crippen LogP contribution in [0.25, 0.3) is 10.9 Å². The van der Waals surface area contributed by atoms with Crippen molar-refractivity contribution in [3.8, 4) is 0 Å². The summed E-state index contributed by atoms with van der Waals surface area (Å²) in [5.41, 5.74) is 0.622. The number of non-ortho nitro benzene ring substituents is 1. The Balaban J connectivity index is 1.78. The summed E-state index contributed by atoms with van der Waals surface area (Å²) in [6.07, 6.45) is 7.30. The molecule has 1 aliphatic carbocycles. The molecule has 3 rings (SSSR count). The summed E-state index contributed by atoms with van der Waals surface area (Å²) in [4.78, 5) is 24.8. The molecule has 0 atom stereocenters. The molecule has 1 fully saturated rings. The minimum atomic E-state index is -0.438. The number of rotatable bonds is 4. The molecule has 0 bridgehead atoms. The van der Waals surface area contributed by atoms with Crippen molar-refractivity contribution in [2.75, 3.05) is 7.05 Å². The van der Waals surface area contributed by atoms with Gasteiger partial charge in [-0.25, -0.2) is 0 Å². The Morgan fingerprint density at radius 2 is 2.13 bits per heavy atom. The summed E-state index contributed by atoms with van der Waals surface area (Å²) in [6.45, 7) is 0.109. The molecule has 1 aromatic heterocycles. The van der Waals surface area contributed by atoms with E-state index in [0.717, 1.165) is 18.2 Å². The summed E-state index contributed by atoms with van der Waals surface area (Å²) in [7, 11) is 1.84. The van der Waals surface area contributed by atoms with Gasteiger partial charge in [-0.2, -0.15) is 5.10 Å². The van der Waals surface area contributed by atoms with Crippen LogP contribution in [-0.2, 0) is 11.3 Å². The third-order valence-electron chi connectivity index (χ3n) is 4.64. The first-order valence-corrected chi connectivity index (χ1v) is 7.92. The SMILES string of the molecule is CN(C(=O)Cn1ncc2ccc([N+](=O)[O-])cc21)C1CCCCC1. The van der Waals surface area contributed by atoms with E-state index in [1.165, 1.54) is 31.4 Å². The molecule has 23 heavy (non-hydrogen) atoms. The van der Waals surface area contributed by atoms with Crippen molar-refractivity contribution >= 4 is 22.5 Å². The fourth-order valence-corrected chi connectivity index (χ4v) is 3.21. The van der Waals surface area contributed by atoms with Crippen LogP contribution in [0.4, 0.5) is 5.69 Å². The van der Waals surface area contributed by atoms with E-state index in [0.29, 0.717) is 11.6 Å². The Morgan fingerprint density at radius 1 is 1.39 bits per heavy atom. The number of amides is 1. The minimum Gasteiger partial charge on any atom is -0.341 e. The highest BCUT2D eigenvalue weighted by Gasteiger charge is 2.23. The molecule has 1 aliphatic rings. The molecule has 2 aromatic rings. The Hall–Kier alpha value is -2.44. The van der Waals surface area contributed by atoms with Crippen LogP contribution in [0.5, 0.6) is 0 Å². The Labute approximate surface area is 134 Å². The lowest BCUT2D eigenvalue weighted by Crippen LogP contribution is -2.40. The molecule has 0 spiro atoms. The number of carbonyl (C=O) groups is 1. The number of carbonyl (C=O) groups excluding carboxylic acids is 1. The molecule has 122 valence electrons. The number of hydrogen-bond acceptors (Lipinski definition) is 4. The van der Waals surface area contributed by atoms with Gasteiger partial charge in [0.05, 0.1) is 16.6 Å². The van der Waals surface area contributed by atoms with E-state index < -0.39 is 4.92 Å². The van der Waals surface area contributed by atoms with Crippen molar-refractivity contribution in [2.24, 2.45) is 0 Å². The smallest absolute Gasteiger partial charge is 0.271 e. The van der Waals surface area contributed by atoms with Gasteiger partial charge >= 0.3 is 0 Å². The maximum atomic E-state index is 12.5. The van der Waals surface area contributed by atoms with Crippen LogP contribution in [0.1, 0.15) is 32.1 Å². The predicted octanol–water partition coefficient (Wildman–Crippen LogP) is 2.74. The van der Waals surface area contributed by atoms with Gasteiger partial charge in [-0.05, 0) is 18.9 Å². The van der Waals surface area contributed by atoms with Crippen LogP contribution < -0.4 is 0 Å². The number of hydrogen-bond donors (Lipinski definition) is 0. The van der Waals surface area contributed by atoms with E-state index in [-0.39, 0.29) is 18.1 Å². The topological polar surface area (TPSA) is 81.3 Å². The fourth-order valence-electron chi connectivity index (χ4n) is 3.21. The van der Waals surface area contributed by atoms with E-state index in [1.54, 1.807) is 16.9 Å². The van der Waals surface area contributed by atoms with Gasteiger partial charge in [0.1, 0.15) is 6.54 Å². The van der Waals surface area contributed by atoms with Gasteiger partial charge in [0, 0.05) is 30.6 Å². The van der Waals surface area contributed by atoms with Crippen LogP contribution in [-0.4, -0.2) is 38.6 Å². The molecular weight excluding hydrogens is 296 g/mol. The number of benzene rings is 1. The zero-order valence-electron chi connectivity index (χ0n) is 13.1. The van der Waals surface area contributed by atoms with E-state index in [1.807, 2.05) is 11.9 Å². The maximum absolute atomic E-state index is 12.5. The van der Waals surface area contributed by atoms with E-state index in [4.69, 9.17) is 0 Å². The number of fused-ring (bicyclic) bond motifs is 1. The number of nitrogens with zero attached hydrogens (tertiary/aromatic N) is 4. The zero-order chi connectivity index (χ0) is 16.4. The molecule has 0 aliphatic heterocycles. The van der Waals surface area contributed by atoms with Gasteiger partial charge in [-0.15, -0.1) is 0 Å². The molecular formula is C16H20N4O3. The fraction of sp³-hybridized carbons (Fsp3) is 0.500. The number of nitro groups is 1. The highest BCUT2D eigenvalue weighted by molar-refractivity contribution is 5.83. The molecule has 7 nitrogen and oxygen atoms in total. The molecule has 0 radical (unpaired) electrons. The molecule has 1 heterocycles. The van der Waals surface area contributed by atoms with Gasteiger partial charge in [0.2, 0.25) is 5.91 Å². The number of aromatic nitrogens is 2. The third-order valence-corrected chi connectivity index (χ3v) is 4.64. The summed E-state index contributed by atoms with van der Waals surface area (Å²) in [5, 5.41) is 15.9. The largest absolute Gasteiger partial charge is 0.341 e. The Kier molecular flexibility index (Phi) is 4.27. The predicted molar refractivity (Wildman–Crippen MR) is 86.0 cm³/mol. The monoisotopic (exact) mass is 316 g/mol. The van der Waals surface area contributed by atoms with Crippen molar-refractivity contribution in [1.29, 1.82) is 0 Å². The molecule has 1 saturated carbocycles. The first kappa shape index (κ1) is 15.5. The molecule has 1 aromatic carbocycles. The van der Waals surface area contributed by atoms with Crippen molar-refractivity contribution in [2.45, 2.75) is 44.7 Å². The lowest BCUT2D eigenvalue weighted by molar-refractivity contribution is -0.384. The van der Waals surface area contributed by atoms with Crippen molar-refractivity contribution in [3.63, 3.8) is 0 Å². The molecule has 0 saturated heterocycles. The Morgan fingerprint density at radius 3 is 2.83 bits per heavy atom. The van der Waals surface area contributed by atoms with Crippen molar-refractivity contribution in [1.82, 2.24) is 14.7 Å². The first-order valence-electron chi connectivity index (χ1n) is 7.92. The quantitative estimate of drug-likeness (QED) is 0.641. The number of likely N-dealkylation sites (N-methyl/N-ethyl adjacent to an activating group) is 1. The zero-order valence-corrected chi connectivity index (χ0v) is 13.1. The third kappa shape index (κ3) is 3.18. The first-order chi connectivity index (χ1) is 11.1. The van der Waals surface area contributed by atoms with Gasteiger partial charge in [-0.3, -0.25) is 19.6 Å². The van der Waals surface area contributed by atoms with Crippen molar-refractivity contribution in [3.05, 3.63) is 34.5 Å². The van der Waals surface area contributed by atoms with Gasteiger partial charge < -0.3 is 4.90 Å². The second-order valence-electron chi connectivity index (χ2n) is 6.10. The van der Waals surface area contributed by atoms with Crippen LogP contribution in [0.3, 0.4) is 0 Å². The van der Waals surface area contributed by atoms with Crippen molar-refractivity contribution < 1.29 is 9.72 Å². The van der Waals surface area contributed by atoms with Crippen LogP contribution in [0.2, 0.25) is 0 Å². The number of nitro benzene ring substituents is 1. The highest BCUT2D eigenvalue weighted by atomic mass is 16.6. The molecule has 1 amide bonds. The summed E-state index contributed by atoms with van der Waals surface area (Å²) in [5.74, 6) is -0.00611. The van der Waals surface area contributed by atoms with E-state index in [2.05, 4.69) is 5.10 Å². The second kappa shape index (κ2) is 6.36. The molecule has 7 heteroatoms. The minimum absolute atomic E-state index is 0.00611.